The van der Waals surface area contributed by atoms with E-state index >= 15 is 0 Å². The lowest BCUT2D eigenvalue weighted by atomic mass is 9.85. The average Bonchev–Trinajstić information content (AvgIpc) is 2.42. The van der Waals surface area contributed by atoms with Gasteiger partial charge in [-0.25, -0.2) is 0 Å². The zero-order valence-electron chi connectivity index (χ0n) is 7.04. The highest BCUT2D eigenvalue weighted by Crippen LogP contribution is 2.45. The third-order valence-corrected chi connectivity index (χ3v) is 3.14. The summed E-state index contributed by atoms with van der Waals surface area (Å²) in [6.07, 6.45) is 1.13. The predicted octanol–water partition coefficient (Wildman–Crippen LogP) is 0.695. The molecule has 4 atom stereocenters. The number of hydrogen-bond donors (Lipinski definition) is 0. The van der Waals surface area contributed by atoms with E-state index in [0.717, 1.165) is 13.0 Å². The largest absolute Gasteiger partial charge is 0.376 e. The third kappa shape index (κ3) is 0.813. The maximum absolute atomic E-state index is 5.72. The molecule has 0 aromatic rings. The van der Waals surface area contributed by atoms with Gasteiger partial charge in [-0.05, 0) is 6.42 Å². The van der Waals surface area contributed by atoms with Crippen LogP contribution in [0.1, 0.15) is 20.3 Å². The lowest BCUT2D eigenvalue weighted by Gasteiger charge is -2.29. The van der Waals surface area contributed by atoms with Gasteiger partial charge in [0, 0.05) is 11.9 Å². The van der Waals surface area contributed by atoms with E-state index < -0.39 is 0 Å². The van der Waals surface area contributed by atoms with Crippen LogP contribution in [0.4, 0.5) is 0 Å². The standard InChI is InChI=1S/C8H13BO2/c1-3-8-4-10-6(5(8)2)7(9)11-8/h5-7H,3-4H2,1-2H3/t5?,6?,7?,8-/m0/s1. The van der Waals surface area contributed by atoms with E-state index in [4.69, 9.17) is 17.3 Å². The molecule has 2 heterocycles. The van der Waals surface area contributed by atoms with Crippen LogP contribution >= 0.6 is 0 Å². The third-order valence-electron chi connectivity index (χ3n) is 3.14. The maximum Gasteiger partial charge on any atom is 0.112 e. The molecule has 2 saturated heterocycles. The first-order chi connectivity index (χ1) is 5.19. The molecule has 2 nitrogen and oxygen atoms in total. The van der Waals surface area contributed by atoms with Crippen LogP contribution in [0, 0.1) is 5.92 Å². The van der Waals surface area contributed by atoms with Gasteiger partial charge in [0.1, 0.15) is 7.85 Å². The van der Waals surface area contributed by atoms with Crippen molar-refractivity contribution in [3.05, 3.63) is 0 Å². The van der Waals surface area contributed by atoms with Crippen molar-refractivity contribution in [3.63, 3.8) is 0 Å². The first-order valence-electron chi connectivity index (χ1n) is 4.24. The van der Waals surface area contributed by atoms with Gasteiger partial charge in [0.25, 0.3) is 0 Å². The van der Waals surface area contributed by atoms with Crippen LogP contribution in [-0.2, 0) is 9.47 Å². The van der Waals surface area contributed by atoms with Gasteiger partial charge in [-0.1, -0.05) is 13.8 Å². The average molecular weight is 152 g/mol. The van der Waals surface area contributed by atoms with Gasteiger partial charge < -0.3 is 9.47 Å². The molecule has 3 unspecified atom stereocenters. The molecule has 2 aliphatic rings. The van der Waals surface area contributed by atoms with E-state index in [0.29, 0.717) is 5.92 Å². The Bertz CT molecular complexity index is 173. The number of fused-ring (bicyclic) bond motifs is 2. The predicted molar refractivity (Wildman–Crippen MR) is 42.6 cm³/mol. The minimum Gasteiger partial charge on any atom is -0.376 e. The summed E-state index contributed by atoms with van der Waals surface area (Å²) in [6, 6.07) is -0.196. The molecule has 0 aromatic heterocycles. The Morgan fingerprint density at radius 2 is 2.36 bits per heavy atom. The Labute approximate surface area is 68.7 Å². The minimum absolute atomic E-state index is 0.0654. The van der Waals surface area contributed by atoms with Crippen LogP contribution in [0.15, 0.2) is 0 Å². The van der Waals surface area contributed by atoms with Gasteiger partial charge in [-0.15, -0.1) is 0 Å². The Morgan fingerprint density at radius 1 is 1.64 bits per heavy atom. The van der Waals surface area contributed by atoms with Crippen molar-refractivity contribution < 1.29 is 9.47 Å². The van der Waals surface area contributed by atoms with Crippen molar-refractivity contribution in [1.82, 2.24) is 0 Å². The van der Waals surface area contributed by atoms with Crippen molar-refractivity contribution >= 4 is 7.85 Å². The first-order valence-corrected chi connectivity index (χ1v) is 4.24. The highest BCUT2D eigenvalue weighted by Gasteiger charge is 2.55. The number of rotatable bonds is 1. The highest BCUT2D eigenvalue weighted by atomic mass is 16.6. The van der Waals surface area contributed by atoms with Crippen molar-refractivity contribution in [1.29, 1.82) is 0 Å². The molecule has 0 spiro atoms. The second-order valence-corrected chi connectivity index (χ2v) is 3.57. The fourth-order valence-corrected chi connectivity index (χ4v) is 2.18. The Kier molecular flexibility index (Phi) is 1.55. The molecule has 0 aromatic carbocycles. The van der Waals surface area contributed by atoms with Crippen molar-refractivity contribution in [2.45, 2.75) is 38.0 Å². The van der Waals surface area contributed by atoms with Crippen molar-refractivity contribution in [2.24, 2.45) is 5.92 Å². The zero-order chi connectivity index (χ0) is 8.06. The minimum atomic E-state index is -0.196. The van der Waals surface area contributed by atoms with Gasteiger partial charge >= 0.3 is 0 Å². The normalized spacial score (nSPS) is 55.3. The lowest BCUT2D eigenvalue weighted by Crippen LogP contribution is -2.37. The monoisotopic (exact) mass is 152 g/mol. The Hall–Kier alpha value is -0.0151. The van der Waals surface area contributed by atoms with Crippen LogP contribution in [0.25, 0.3) is 0 Å². The van der Waals surface area contributed by atoms with Crippen molar-refractivity contribution in [2.75, 3.05) is 6.61 Å². The summed E-state index contributed by atoms with van der Waals surface area (Å²) in [5.41, 5.74) is -0.0654. The summed E-state index contributed by atoms with van der Waals surface area (Å²) in [7, 11) is 5.72. The zero-order valence-corrected chi connectivity index (χ0v) is 7.04. The van der Waals surface area contributed by atoms with Crippen molar-refractivity contribution in [3.8, 4) is 0 Å². The molecule has 2 bridgehead atoms. The first kappa shape index (κ1) is 7.62. The highest BCUT2D eigenvalue weighted by molar-refractivity contribution is 6.11. The van der Waals surface area contributed by atoms with E-state index in [9.17, 15) is 0 Å². The van der Waals surface area contributed by atoms with Gasteiger partial charge in [0.15, 0.2) is 0 Å². The second-order valence-electron chi connectivity index (χ2n) is 3.57. The Morgan fingerprint density at radius 3 is 2.64 bits per heavy atom. The molecule has 60 valence electrons. The summed E-state index contributed by atoms with van der Waals surface area (Å²) in [4.78, 5) is 0. The summed E-state index contributed by atoms with van der Waals surface area (Å²) in [6.45, 7) is 5.01. The molecule has 2 rings (SSSR count). The molecule has 0 amide bonds. The summed E-state index contributed by atoms with van der Waals surface area (Å²) >= 11 is 0. The van der Waals surface area contributed by atoms with Crippen LogP contribution in [0.2, 0.25) is 0 Å². The fourth-order valence-electron chi connectivity index (χ4n) is 2.18. The van der Waals surface area contributed by atoms with E-state index in [-0.39, 0.29) is 17.7 Å². The molecular formula is C8H13BO2. The molecule has 11 heavy (non-hydrogen) atoms. The summed E-state index contributed by atoms with van der Waals surface area (Å²) < 4.78 is 11.2. The van der Waals surface area contributed by atoms with Crippen LogP contribution in [-0.4, -0.2) is 32.2 Å². The SMILES string of the molecule is [B]C1O[C@@]2(CC)COC1C2C. The quantitative estimate of drug-likeness (QED) is 0.514. The Balaban J connectivity index is 2.24. The number of ether oxygens (including phenoxy) is 2. The van der Waals surface area contributed by atoms with Crippen LogP contribution < -0.4 is 0 Å². The molecule has 2 fully saturated rings. The number of hydrogen-bond acceptors (Lipinski definition) is 2. The lowest BCUT2D eigenvalue weighted by molar-refractivity contribution is -0.115. The van der Waals surface area contributed by atoms with E-state index in [1.54, 1.807) is 0 Å². The topological polar surface area (TPSA) is 18.5 Å². The van der Waals surface area contributed by atoms with E-state index in [2.05, 4.69) is 13.8 Å². The molecule has 0 N–H and O–H groups in total. The fraction of sp³-hybridized carbons (Fsp3) is 1.00. The van der Waals surface area contributed by atoms with Gasteiger partial charge in [0.2, 0.25) is 0 Å². The second kappa shape index (κ2) is 2.24. The summed E-state index contributed by atoms with van der Waals surface area (Å²) in [5, 5.41) is 0. The van der Waals surface area contributed by atoms with Crippen LogP contribution in [0.3, 0.4) is 0 Å². The summed E-state index contributed by atoms with van der Waals surface area (Å²) in [5.74, 6) is 0.461. The molecular weight excluding hydrogens is 139 g/mol. The molecule has 3 heteroatoms. The van der Waals surface area contributed by atoms with Gasteiger partial charge in [-0.3, -0.25) is 0 Å². The molecule has 0 aliphatic carbocycles. The molecule has 2 aliphatic heterocycles. The molecule has 0 saturated carbocycles. The molecule has 2 radical (unpaired) electrons. The smallest absolute Gasteiger partial charge is 0.112 e. The maximum atomic E-state index is 5.72. The van der Waals surface area contributed by atoms with Crippen LogP contribution in [0.5, 0.6) is 0 Å². The van der Waals surface area contributed by atoms with E-state index in [1.807, 2.05) is 0 Å². The van der Waals surface area contributed by atoms with Gasteiger partial charge in [-0.2, -0.15) is 0 Å². The van der Waals surface area contributed by atoms with Gasteiger partial charge in [0.05, 0.1) is 18.3 Å². The van der Waals surface area contributed by atoms with E-state index in [1.165, 1.54) is 0 Å².